The number of aromatic nitrogens is 1. The largest absolute Gasteiger partial charge is 0.470 e. The number of nitrogens with two attached hydrogens (primary N) is 1. The van der Waals surface area contributed by atoms with Crippen LogP contribution in [0.5, 0.6) is 5.88 Å². The van der Waals surface area contributed by atoms with Gasteiger partial charge in [-0.15, -0.1) is 0 Å². The number of hydrogen-bond acceptors (Lipinski definition) is 3. The van der Waals surface area contributed by atoms with Gasteiger partial charge in [0.2, 0.25) is 5.88 Å². The third-order valence-corrected chi connectivity index (χ3v) is 2.82. The molecule has 1 heterocycles. The van der Waals surface area contributed by atoms with Crippen molar-refractivity contribution in [2.45, 2.75) is 13.0 Å². The minimum Gasteiger partial charge on any atom is -0.470 e. The maximum atomic E-state index is 5.74. The topological polar surface area (TPSA) is 48.1 Å². The lowest BCUT2D eigenvalue weighted by Crippen LogP contribution is -2.10. The summed E-state index contributed by atoms with van der Waals surface area (Å²) in [6.07, 6.45) is 1.57. The molecule has 0 bridgehead atoms. The van der Waals surface area contributed by atoms with Gasteiger partial charge in [0.05, 0.1) is 0 Å². The molecule has 1 aromatic heterocycles. The fourth-order valence-electron chi connectivity index (χ4n) is 1.57. The summed E-state index contributed by atoms with van der Waals surface area (Å²) in [5, 5.41) is 0. The zero-order chi connectivity index (χ0) is 13.0. The van der Waals surface area contributed by atoms with Crippen molar-refractivity contribution in [1.29, 1.82) is 0 Å². The van der Waals surface area contributed by atoms with Gasteiger partial charge in [0.15, 0.2) is 0 Å². The first-order valence-corrected chi connectivity index (χ1v) is 6.05. The lowest BCUT2D eigenvalue weighted by atomic mass is 10.1. The molecule has 0 saturated heterocycles. The van der Waals surface area contributed by atoms with E-state index in [0.717, 1.165) is 11.1 Å². The molecule has 0 fully saturated rings. The molecule has 0 amide bonds. The van der Waals surface area contributed by atoms with Crippen LogP contribution in [0.25, 0.3) is 0 Å². The van der Waals surface area contributed by atoms with Crippen LogP contribution < -0.4 is 10.5 Å². The second-order valence-corrected chi connectivity index (χ2v) is 4.36. The fraction of sp³-hybridized carbons (Fsp3) is 0.143. The van der Waals surface area contributed by atoms with E-state index in [4.69, 9.17) is 22.7 Å². The van der Waals surface area contributed by atoms with Crippen molar-refractivity contribution in [3.05, 3.63) is 59.8 Å². The van der Waals surface area contributed by atoms with Crippen LogP contribution in [0.4, 0.5) is 0 Å². The van der Waals surface area contributed by atoms with E-state index in [1.807, 2.05) is 43.3 Å². The van der Waals surface area contributed by atoms with E-state index in [9.17, 15) is 0 Å². The third-order valence-electron chi connectivity index (χ3n) is 2.59. The Kier molecular flexibility index (Phi) is 3.89. The molecule has 2 N–H and O–H groups in total. The highest BCUT2D eigenvalue weighted by atomic mass is 32.1. The highest BCUT2D eigenvalue weighted by Gasteiger charge is 2.07. The fourth-order valence-corrected chi connectivity index (χ4v) is 1.69. The van der Waals surface area contributed by atoms with Gasteiger partial charge in [-0.2, -0.15) is 0 Å². The molecule has 1 unspecified atom stereocenters. The molecule has 4 heteroatoms. The molecule has 0 radical (unpaired) electrons. The Morgan fingerprint density at radius 2 is 1.94 bits per heavy atom. The molecule has 1 aromatic carbocycles. The molecule has 2 aromatic rings. The van der Waals surface area contributed by atoms with Crippen LogP contribution in [-0.2, 0) is 0 Å². The van der Waals surface area contributed by atoms with Gasteiger partial charge in [-0.05, 0) is 18.6 Å². The SMILES string of the molecule is CC(Oc1ccc(C(N)=S)cn1)c1ccccc1. The van der Waals surface area contributed by atoms with E-state index in [2.05, 4.69) is 4.98 Å². The van der Waals surface area contributed by atoms with Gasteiger partial charge in [0.1, 0.15) is 11.1 Å². The van der Waals surface area contributed by atoms with E-state index >= 15 is 0 Å². The van der Waals surface area contributed by atoms with Gasteiger partial charge >= 0.3 is 0 Å². The molecule has 0 aliphatic carbocycles. The summed E-state index contributed by atoms with van der Waals surface area (Å²) in [5.41, 5.74) is 7.36. The molecule has 0 aliphatic heterocycles. The van der Waals surface area contributed by atoms with Crippen molar-refractivity contribution in [2.24, 2.45) is 5.73 Å². The van der Waals surface area contributed by atoms with Crippen molar-refractivity contribution in [1.82, 2.24) is 4.98 Å². The highest BCUT2D eigenvalue weighted by Crippen LogP contribution is 2.19. The van der Waals surface area contributed by atoms with Crippen LogP contribution in [-0.4, -0.2) is 9.97 Å². The van der Waals surface area contributed by atoms with Crippen molar-refractivity contribution in [2.75, 3.05) is 0 Å². The number of pyridine rings is 1. The molecule has 0 aliphatic rings. The molecule has 3 nitrogen and oxygen atoms in total. The molecular weight excluding hydrogens is 244 g/mol. The summed E-state index contributed by atoms with van der Waals surface area (Å²) in [6.45, 7) is 1.98. The second kappa shape index (κ2) is 5.60. The summed E-state index contributed by atoms with van der Waals surface area (Å²) in [4.78, 5) is 4.51. The molecule has 2 rings (SSSR count). The number of hydrogen-bond donors (Lipinski definition) is 1. The first kappa shape index (κ1) is 12.5. The van der Waals surface area contributed by atoms with Crippen LogP contribution in [0.1, 0.15) is 24.2 Å². The van der Waals surface area contributed by atoms with Crippen LogP contribution in [0.3, 0.4) is 0 Å². The van der Waals surface area contributed by atoms with Gasteiger partial charge in [-0.3, -0.25) is 0 Å². The van der Waals surface area contributed by atoms with Crippen molar-refractivity contribution in [3.63, 3.8) is 0 Å². The van der Waals surface area contributed by atoms with Crippen molar-refractivity contribution in [3.8, 4) is 5.88 Å². The molecule has 1 atom stereocenters. The van der Waals surface area contributed by atoms with Crippen LogP contribution in [0.15, 0.2) is 48.7 Å². The predicted molar refractivity (Wildman–Crippen MR) is 75.6 cm³/mol. The Balaban J connectivity index is 2.08. The second-order valence-electron chi connectivity index (χ2n) is 3.92. The summed E-state index contributed by atoms with van der Waals surface area (Å²) in [7, 11) is 0. The predicted octanol–water partition coefficient (Wildman–Crippen LogP) is 2.86. The average Bonchev–Trinajstić information content (AvgIpc) is 2.40. The number of benzene rings is 1. The first-order chi connectivity index (χ1) is 8.66. The molecule has 0 saturated carbocycles. The standard InChI is InChI=1S/C14H14N2OS/c1-10(11-5-3-2-4-6-11)17-13-8-7-12(9-16-13)14(15)18/h2-10H,1H3,(H2,15,18). The van der Waals surface area contributed by atoms with Crippen LogP contribution in [0.2, 0.25) is 0 Å². The lowest BCUT2D eigenvalue weighted by molar-refractivity contribution is 0.217. The number of thiocarbonyl (C=S) groups is 1. The monoisotopic (exact) mass is 258 g/mol. The zero-order valence-corrected chi connectivity index (χ0v) is 10.9. The third kappa shape index (κ3) is 3.05. The van der Waals surface area contributed by atoms with Gasteiger partial charge in [0, 0.05) is 17.8 Å². The number of rotatable bonds is 4. The van der Waals surface area contributed by atoms with Gasteiger partial charge in [-0.25, -0.2) is 4.98 Å². The van der Waals surface area contributed by atoms with Crippen LogP contribution >= 0.6 is 12.2 Å². The summed E-state index contributed by atoms with van der Waals surface area (Å²) in [6, 6.07) is 13.6. The van der Waals surface area contributed by atoms with Crippen LogP contribution in [0, 0.1) is 0 Å². The van der Waals surface area contributed by atoms with E-state index in [-0.39, 0.29) is 6.10 Å². The normalized spacial score (nSPS) is 11.8. The maximum absolute atomic E-state index is 5.74. The van der Waals surface area contributed by atoms with Crippen molar-refractivity contribution >= 4 is 17.2 Å². The van der Waals surface area contributed by atoms with Gasteiger partial charge < -0.3 is 10.5 Å². The Bertz CT molecular complexity index is 525. The minimum absolute atomic E-state index is 0.0469. The zero-order valence-electron chi connectivity index (χ0n) is 10.0. The first-order valence-electron chi connectivity index (χ1n) is 5.64. The lowest BCUT2D eigenvalue weighted by Gasteiger charge is -2.14. The Labute approximate surface area is 112 Å². The number of ether oxygens (including phenoxy) is 1. The molecule has 92 valence electrons. The van der Waals surface area contributed by atoms with E-state index in [1.165, 1.54) is 0 Å². The number of nitrogens with zero attached hydrogens (tertiary/aromatic N) is 1. The van der Waals surface area contributed by atoms with Crippen molar-refractivity contribution < 1.29 is 4.74 Å². The van der Waals surface area contributed by atoms with Gasteiger partial charge in [-0.1, -0.05) is 42.5 Å². The Morgan fingerprint density at radius 3 is 2.50 bits per heavy atom. The average molecular weight is 258 g/mol. The smallest absolute Gasteiger partial charge is 0.213 e. The Hall–Kier alpha value is -1.94. The summed E-state index contributed by atoms with van der Waals surface area (Å²) < 4.78 is 5.74. The highest BCUT2D eigenvalue weighted by molar-refractivity contribution is 7.80. The maximum Gasteiger partial charge on any atom is 0.213 e. The van der Waals surface area contributed by atoms with Gasteiger partial charge in [0.25, 0.3) is 0 Å². The molecule has 18 heavy (non-hydrogen) atoms. The summed E-state index contributed by atoms with van der Waals surface area (Å²) >= 11 is 4.87. The molecule has 0 spiro atoms. The van der Waals surface area contributed by atoms with E-state index in [1.54, 1.807) is 12.3 Å². The summed E-state index contributed by atoms with van der Waals surface area (Å²) in [5.74, 6) is 0.561. The van der Waals surface area contributed by atoms with E-state index < -0.39 is 0 Å². The molecular formula is C14H14N2OS. The Morgan fingerprint density at radius 1 is 1.22 bits per heavy atom. The quantitative estimate of drug-likeness (QED) is 0.857. The minimum atomic E-state index is -0.0469. The van der Waals surface area contributed by atoms with E-state index in [0.29, 0.717) is 10.9 Å².